The molecule has 0 bridgehead atoms. The fourth-order valence-corrected chi connectivity index (χ4v) is 2.28. The number of rotatable bonds is 10. The summed E-state index contributed by atoms with van der Waals surface area (Å²) in [6.07, 6.45) is 0. The molecule has 4 nitrogen and oxygen atoms in total. The minimum Gasteiger partial charge on any atom is -0.496 e. The van der Waals surface area contributed by atoms with E-state index in [2.05, 4.69) is 49.2 Å². The molecule has 21 heavy (non-hydrogen) atoms. The molecule has 1 aromatic carbocycles. The van der Waals surface area contributed by atoms with Gasteiger partial charge in [0.05, 0.1) is 13.7 Å². The molecular weight excluding hydrogens is 264 g/mol. The van der Waals surface area contributed by atoms with Crippen molar-refractivity contribution in [2.24, 2.45) is 5.92 Å². The maximum atomic E-state index is 9.06. The molecule has 0 fully saturated rings. The van der Waals surface area contributed by atoms with Crippen molar-refractivity contribution in [3.8, 4) is 5.75 Å². The summed E-state index contributed by atoms with van der Waals surface area (Å²) in [5.41, 5.74) is 2.40. The highest BCUT2D eigenvalue weighted by molar-refractivity contribution is 5.37. The maximum Gasteiger partial charge on any atom is 0.123 e. The number of aliphatic hydroxyl groups is 1. The summed E-state index contributed by atoms with van der Waals surface area (Å²) in [6.45, 7) is 11.0. The Labute approximate surface area is 129 Å². The second-order valence-electron chi connectivity index (χ2n) is 5.76. The number of nitrogens with zero attached hydrogens (tertiary/aromatic N) is 1. The van der Waals surface area contributed by atoms with Crippen LogP contribution in [-0.4, -0.2) is 43.4 Å². The number of hydrogen-bond acceptors (Lipinski definition) is 4. The molecule has 0 aromatic heterocycles. The van der Waals surface area contributed by atoms with E-state index in [1.165, 1.54) is 11.1 Å². The Hall–Kier alpha value is -1.10. The van der Waals surface area contributed by atoms with E-state index in [0.717, 1.165) is 31.9 Å². The standard InChI is InChI=1S/C17H30N2O2/c1-5-19(8-9-20)13-15-6-7-16(17(10-15)21-4)12-18-11-14(2)3/h6-7,10,14,18,20H,5,8-9,11-13H2,1-4H3. The summed E-state index contributed by atoms with van der Waals surface area (Å²) in [5.74, 6) is 1.58. The van der Waals surface area contributed by atoms with Crippen molar-refractivity contribution >= 4 is 0 Å². The van der Waals surface area contributed by atoms with Crippen molar-refractivity contribution < 1.29 is 9.84 Å². The van der Waals surface area contributed by atoms with Gasteiger partial charge in [0, 0.05) is 25.2 Å². The summed E-state index contributed by atoms with van der Waals surface area (Å²) in [6, 6.07) is 6.38. The van der Waals surface area contributed by atoms with Crippen molar-refractivity contribution in [1.29, 1.82) is 0 Å². The van der Waals surface area contributed by atoms with Crippen LogP contribution in [0.4, 0.5) is 0 Å². The third kappa shape index (κ3) is 6.46. The lowest BCUT2D eigenvalue weighted by molar-refractivity contribution is 0.196. The summed E-state index contributed by atoms with van der Waals surface area (Å²) in [7, 11) is 1.72. The van der Waals surface area contributed by atoms with Crippen LogP contribution in [0, 0.1) is 5.92 Å². The van der Waals surface area contributed by atoms with E-state index in [4.69, 9.17) is 9.84 Å². The number of aliphatic hydroxyl groups excluding tert-OH is 1. The van der Waals surface area contributed by atoms with E-state index in [9.17, 15) is 0 Å². The van der Waals surface area contributed by atoms with Gasteiger partial charge in [-0.15, -0.1) is 0 Å². The third-order valence-electron chi connectivity index (χ3n) is 3.49. The molecule has 0 saturated heterocycles. The molecule has 0 radical (unpaired) electrons. The molecule has 0 amide bonds. The van der Waals surface area contributed by atoms with Gasteiger partial charge in [0.2, 0.25) is 0 Å². The number of ether oxygens (including phenoxy) is 1. The summed E-state index contributed by atoms with van der Waals surface area (Å²) in [4.78, 5) is 2.21. The maximum absolute atomic E-state index is 9.06. The van der Waals surface area contributed by atoms with E-state index in [1.807, 2.05) is 0 Å². The average molecular weight is 294 g/mol. The highest BCUT2D eigenvalue weighted by Gasteiger charge is 2.08. The first kappa shape index (κ1) is 18.0. The van der Waals surface area contributed by atoms with Gasteiger partial charge in [0.25, 0.3) is 0 Å². The lowest BCUT2D eigenvalue weighted by atomic mass is 10.1. The van der Waals surface area contributed by atoms with Gasteiger partial charge >= 0.3 is 0 Å². The lowest BCUT2D eigenvalue weighted by Gasteiger charge is -2.20. The van der Waals surface area contributed by atoms with Gasteiger partial charge < -0.3 is 15.2 Å². The minimum atomic E-state index is 0.197. The van der Waals surface area contributed by atoms with Crippen LogP contribution in [0.3, 0.4) is 0 Å². The summed E-state index contributed by atoms with van der Waals surface area (Å²) in [5, 5.41) is 12.5. The monoisotopic (exact) mass is 294 g/mol. The van der Waals surface area contributed by atoms with Crippen molar-refractivity contribution in [2.45, 2.75) is 33.9 Å². The van der Waals surface area contributed by atoms with E-state index < -0.39 is 0 Å². The lowest BCUT2D eigenvalue weighted by Crippen LogP contribution is -2.26. The number of likely N-dealkylation sites (N-methyl/N-ethyl adjacent to an activating group) is 1. The molecule has 0 spiro atoms. The largest absolute Gasteiger partial charge is 0.496 e. The zero-order chi connectivity index (χ0) is 15.7. The van der Waals surface area contributed by atoms with Crippen LogP contribution in [0.1, 0.15) is 31.9 Å². The number of methoxy groups -OCH3 is 1. The molecule has 0 aliphatic carbocycles. The van der Waals surface area contributed by atoms with Crippen molar-refractivity contribution in [3.05, 3.63) is 29.3 Å². The van der Waals surface area contributed by atoms with Gasteiger partial charge in [0.1, 0.15) is 5.75 Å². The highest BCUT2D eigenvalue weighted by Crippen LogP contribution is 2.21. The second-order valence-corrected chi connectivity index (χ2v) is 5.76. The summed E-state index contributed by atoms with van der Waals surface area (Å²) < 4.78 is 5.51. The topological polar surface area (TPSA) is 44.7 Å². The van der Waals surface area contributed by atoms with Crippen molar-refractivity contribution in [3.63, 3.8) is 0 Å². The van der Waals surface area contributed by atoms with Gasteiger partial charge in [0.15, 0.2) is 0 Å². The number of nitrogens with one attached hydrogen (secondary N) is 1. The zero-order valence-corrected chi connectivity index (χ0v) is 13.9. The van der Waals surface area contributed by atoms with Gasteiger partial charge in [-0.25, -0.2) is 0 Å². The number of hydrogen-bond donors (Lipinski definition) is 2. The number of benzene rings is 1. The first-order chi connectivity index (χ1) is 10.1. The normalized spacial score (nSPS) is 11.4. The Morgan fingerprint density at radius 3 is 2.67 bits per heavy atom. The van der Waals surface area contributed by atoms with Gasteiger partial charge in [-0.1, -0.05) is 32.9 Å². The zero-order valence-electron chi connectivity index (χ0n) is 13.9. The van der Waals surface area contributed by atoms with E-state index in [1.54, 1.807) is 7.11 Å². The first-order valence-corrected chi connectivity index (χ1v) is 7.80. The Kier molecular flexibility index (Phi) is 8.35. The molecule has 4 heteroatoms. The van der Waals surface area contributed by atoms with Crippen LogP contribution < -0.4 is 10.1 Å². The Bertz CT molecular complexity index is 408. The van der Waals surface area contributed by atoms with Crippen LogP contribution in [0.15, 0.2) is 18.2 Å². The van der Waals surface area contributed by atoms with Crippen molar-refractivity contribution in [1.82, 2.24) is 10.2 Å². The van der Waals surface area contributed by atoms with Crippen LogP contribution >= 0.6 is 0 Å². The van der Waals surface area contributed by atoms with E-state index in [-0.39, 0.29) is 6.61 Å². The second kappa shape index (κ2) is 9.77. The van der Waals surface area contributed by atoms with Gasteiger partial charge in [-0.05, 0) is 30.6 Å². The van der Waals surface area contributed by atoms with Crippen molar-refractivity contribution in [2.75, 3.05) is 33.4 Å². The minimum absolute atomic E-state index is 0.197. The smallest absolute Gasteiger partial charge is 0.123 e. The Morgan fingerprint density at radius 2 is 2.10 bits per heavy atom. The molecule has 0 aliphatic rings. The molecule has 0 saturated carbocycles. The Balaban J connectivity index is 2.68. The van der Waals surface area contributed by atoms with E-state index in [0.29, 0.717) is 12.5 Å². The molecule has 2 N–H and O–H groups in total. The molecular formula is C17H30N2O2. The molecule has 1 aromatic rings. The molecule has 0 unspecified atom stereocenters. The fourth-order valence-electron chi connectivity index (χ4n) is 2.28. The van der Waals surface area contributed by atoms with Crippen LogP contribution in [0.25, 0.3) is 0 Å². The molecule has 0 heterocycles. The quantitative estimate of drug-likeness (QED) is 0.695. The van der Waals surface area contributed by atoms with Gasteiger partial charge in [-0.2, -0.15) is 0 Å². The Morgan fingerprint density at radius 1 is 1.33 bits per heavy atom. The molecule has 120 valence electrons. The van der Waals surface area contributed by atoms with E-state index >= 15 is 0 Å². The highest BCUT2D eigenvalue weighted by atomic mass is 16.5. The molecule has 1 rings (SSSR count). The first-order valence-electron chi connectivity index (χ1n) is 7.80. The SMILES string of the molecule is CCN(CCO)Cc1ccc(CNCC(C)C)c(OC)c1. The predicted molar refractivity (Wildman–Crippen MR) is 87.6 cm³/mol. The summed E-state index contributed by atoms with van der Waals surface area (Å²) >= 11 is 0. The molecule has 0 aliphatic heterocycles. The van der Waals surface area contributed by atoms with Crippen LogP contribution in [0.2, 0.25) is 0 Å². The third-order valence-corrected chi connectivity index (χ3v) is 3.49. The van der Waals surface area contributed by atoms with Crippen LogP contribution in [-0.2, 0) is 13.1 Å². The van der Waals surface area contributed by atoms with Crippen LogP contribution in [0.5, 0.6) is 5.75 Å². The average Bonchev–Trinajstić information content (AvgIpc) is 2.47. The predicted octanol–water partition coefficient (Wildman–Crippen LogP) is 2.25. The molecule has 0 atom stereocenters. The fraction of sp³-hybridized carbons (Fsp3) is 0.647. The van der Waals surface area contributed by atoms with Gasteiger partial charge in [-0.3, -0.25) is 4.90 Å².